The Labute approximate surface area is 109 Å². The first-order valence-electron chi connectivity index (χ1n) is 6.67. The maximum atomic E-state index is 12.0. The lowest BCUT2D eigenvalue weighted by molar-refractivity contribution is -0.132. The number of benzene rings is 1. The van der Waals surface area contributed by atoms with E-state index in [1.807, 2.05) is 35.2 Å². The highest BCUT2D eigenvalue weighted by atomic mass is 16.3. The molecule has 1 radical (unpaired) electrons. The maximum absolute atomic E-state index is 12.0. The number of carbonyl (C=O) groups excluding carboxylic acids is 1. The third-order valence-corrected chi connectivity index (χ3v) is 2.89. The summed E-state index contributed by atoms with van der Waals surface area (Å²) in [4.78, 5) is 13.8. The number of amides is 1. The lowest BCUT2D eigenvalue weighted by atomic mass is 10.2. The second kappa shape index (κ2) is 8.70. The fraction of sp³-hybridized carbons (Fsp3) is 0.533. The van der Waals surface area contributed by atoms with Crippen molar-refractivity contribution in [3.05, 3.63) is 35.9 Å². The average Bonchev–Trinajstić information content (AvgIpc) is 2.42. The fourth-order valence-electron chi connectivity index (χ4n) is 1.84. The van der Waals surface area contributed by atoms with Crippen LogP contribution in [-0.4, -0.2) is 24.0 Å². The summed E-state index contributed by atoms with van der Waals surface area (Å²) in [5.74, 6) is 0.161. The highest BCUT2D eigenvalue weighted by Gasteiger charge is 2.12. The van der Waals surface area contributed by atoms with Crippen LogP contribution in [-0.2, 0) is 16.4 Å². The lowest BCUT2D eigenvalue weighted by Gasteiger charge is -2.22. The van der Waals surface area contributed by atoms with Crippen LogP contribution in [0.25, 0.3) is 0 Å². The van der Waals surface area contributed by atoms with E-state index in [0.29, 0.717) is 25.9 Å². The molecule has 1 rings (SSSR count). The Morgan fingerprint density at radius 2 is 1.89 bits per heavy atom. The minimum atomic E-state index is -0.119. The first-order chi connectivity index (χ1) is 8.77. The molecule has 0 aliphatic heterocycles. The first-order valence-corrected chi connectivity index (χ1v) is 6.67. The van der Waals surface area contributed by atoms with Gasteiger partial charge in [-0.3, -0.25) is 4.79 Å². The SMILES string of the molecule is CCCCC(=O)N(CCC[O])Cc1ccccc1. The van der Waals surface area contributed by atoms with Crippen molar-refractivity contribution < 1.29 is 9.90 Å². The largest absolute Gasteiger partial charge is 0.338 e. The van der Waals surface area contributed by atoms with Gasteiger partial charge in [-0.2, -0.15) is 0 Å². The van der Waals surface area contributed by atoms with Gasteiger partial charge in [0.25, 0.3) is 0 Å². The summed E-state index contributed by atoms with van der Waals surface area (Å²) < 4.78 is 0. The number of rotatable bonds is 8. The fourth-order valence-corrected chi connectivity index (χ4v) is 1.84. The van der Waals surface area contributed by atoms with Gasteiger partial charge >= 0.3 is 0 Å². The Kier molecular flexibility index (Phi) is 7.11. The molecule has 0 heterocycles. The second-order valence-electron chi connectivity index (χ2n) is 4.46. The van der Waals surface area contributed by atoms with Crippen molar-refractivity contribution in [2.24, 2.45) is 0 Å². The molecule has 0 saturated heterocycles. The summed E-state index contributed by atoms with van der Waals surface area (Å²) in [6.07, 6.45) is 3.06. The average molecular weight is 248 g/mol. The van der Waals surface area contributed by atoms with E-state index in [1.54, 1.807) is 0 Å². The molecule has 0 aliphatic rings. The molecule has 1 amide bonds. The highest BCUT2D eigenvalue weighted by Crippen LogP contribution is 2.08. The van der Waals surface area contributed by atoms with Crippen molar-refractivity contribution in [3.63, 3.8) is 0 Å². The molecule has 0 unspecified atom stereocenters. The topological polar surface area (TPSA) is 40.2 Å². The molecule has 0 aliphatic carbocycles. The van der Waals surface area contributed by atoms with Crippen LogP contribution in [0.15, 0.2) is 30.3 Å². The van der Waals surface area contributed by atoms with E-state index in [0.717, 1.165) is 18.4 Å². The van der Waals surface area contributed by atoms with Crippen LogP contribution >= 0.6 is 0 Å². The first kappa shape index (κ1) is 14.7. The third-order valence-electron chi connectivity index (χ3n) is 2.89. The molecule has 0 spiro atoms. The molecular weight excluding hydrogens is 226 g/mol. The number of unbranched alkanes of at least 4 members (excludes halogenated alkanes) is 1. The van der Waals surface area contributed by atoms with E-state index < -0.39 is 0 Å². The van der Waals surface area contributed by atoms with Gasteiger partial charge in [-0.05, 0) is 18.4 Å². The number of carbonyl (C=O) groups is 1. The quantitative estimate of drug-likeness (QED) is 0.697. The smallest absolute Gasteiger partial charge is 0.222 e. The van der Waals surface area contributed by atoms with Crippen LogP contribution in [0, 0.1) is 0 Å². The normalized spacial score (nSPS) is 10.3. The van der Waals surface area contributed by atoms with Crippen molar-refractivity contribution in [1.29, 1.82) is 0 Å². The van der Waals surface area contributed by atoms with Crippen molar-refractivity contribution in [1.82, 2.24) is 4.90 Å². The standard InChI is InChI=1S/C15H22NO2/c1-2-3-10-15(18)16(11-7-12-17)13-14-8-5-4-6-9-14/h4-6,8-9H,2-3,7,10-13H2,1H3. The Morgan fingerprint density at radius 3 is 2.50 bits per heavy atom. The predicted molar refractivity (Wildman–Crippen MR) is 71.6 cm³/mol. The Bertz CT molecular complexity index is 338. The molecule has 0 atom stereocenters. The van der Waals surface area contributed by atoms with E-state index in [2.05, 4.69) is 6.92 Å². The molecule has 99 valence electrons. The zero-order valence-corrected chi connectivity index (χ0v) is 11.1. The zero-order valence-electron chi connectivity index (χ0n) is 11.1. The van der Waals surface area contributed by atoms with Gasteiger partial charge in [0.15, 0.2) is 0 Å². The minimum Gasteiger partial charge on any atom is -0.338 e. The molecule has 1 aromatic carbocycles. The zero-order chi connectivity index (χ0) is 13.2. The van der Waals surface area contributed by atoms with Crippen LogP contribution in [0.5, 0.6) is 0 Å². The Hall–Kier alpha value is -1.35. The second-order valence-corrected chi connectivity index (χ2v) is 4.46. The monoisotopic (exact) mass is 248 g/mol. The van der Waals surface area contributed by atoms with Crippen molar-refractivity contribution >= 4 is 5.91 Å². The summed E-state index contributed by atoms with van der Waals surface area (Å²) in [5, 5.41) is 10.6. The van der Waals surface area contributed by atoms with Gasteiger partial charge in [-0.15, -0.1) is 0 Å². The Morgan fingerprint density at radius 1 is 1.17 bits per heavy atom. The number of nitrogens with zero attached hydrogens (tertiary/aromatic N) is 1. The van der Waals surface area contributed by atoms with Gasteiger partial charge in [0.2, 0.25) is 5.91 Å². The van der Waals surface area contributed by atoms with E-state index in [1.165, 1.54) is 0 Å². The highest BCUT2D eigenvalue weighted by molar-refractivity contribution is 5.76. The molecule has 0 aromatic heterocycles. The van der Waals surface area contributed by atoms with Crippen LogP contribution in [0.1, 0.15) is 38.2 Å². The summed E-state index contributed by atoms with van der Waals surface area (Å²) in [6, 6.07) is 9.92. The molecule has 18 heavy (non-hydrogen) atoms. The van der Waals surface area contributed by atoms with Gasteiger partial charge in [0.1, 0.15) is 0 Å². The van der Waals surface area contributed by atoms with Gasteiger partial charge in [-0.25, -0.2) is 5.11 Å². The van der Waals surface area contributed by atoms with Gasteiger partial charge in [-0.1, -0.05) is 43.7 Å². The Balaban J connectivity index is 2.57. The van der Waals surface area contributed by atoms with Gasteiger partial charge in [0, 0.05) is 19.5 Å². The van der Waals surface area contributed by atoms with E-state index in [4.69, 9.17) is 0 Å². The minimum absolute atomic E-state index is 0.119. The number of hydrogen-bond acceptors (Lipinski definition) is 1. The molecule has 0 N–H and O–H groups in total. The van der Waals surface area contributed by atoms with Gasteiger partial charge in [0.05, 0.1) is 6.61 Å². The molecule has 0 saturated carbocycles. The van der Waals surface area contributed by atoms with Crippen LogP contribution in [0.4, 0.5) is 0 Å². The summed E-state index contributed by atoms with van der Waals surface area (Å²) in [6.45, 7) is 3.14. The van der Waals surface area contributed by atoms with Crippen molar-refractivity contribution in [2.75, 3.05) is 13.2 Å². The van der Waals surface area contributed by atoms with E-state index >= 15 is 0 Å². The summed E-state index contributed by atoms with van der Waals surface area (Å²) in [5.41, 5.74) is 1.12. The van der Waals surface area contributed by atoms with Crippen LogP contribution in [0.3, 0.4) is 0 Å². The molecule has 0 bridgehead atoms. The summed E-state index contributed by atoms with van der Waals surface area (Å²) >= 11 is 0. The molecule has 1 aromatic rings. The number of hydrogen-bond donors (Lipinski definition) is 0. The summed E-state index contributed by atoms with van der Waals surface area (Å²) in [7, 11) is 0. The van der Waals surface area contributed by atoms with E-state index in [-0.39, 0.29) is 12.5 Å². The molecule has 3 heteroatoms. The maximum Gasteiger partial charge on any atom is 0.222 e. The molecular formula is C15H22NO2. The van der Waals surface area contributed by atoms with Gasteiger partial charge < -0.3 is 4.90 Å². The van der Waals surface area contributed by atoms with Crippen LogP contribution in [0.2, 0.25) is 0 Å². The van der Waals surface area contributed by atoms with Crippen LogP contribution < -0.4 is 0 Å². The van der Waals surface area contributed by atoms with Crippen molar-refractivity contribution in [2.45, 2.75) is 39.2 Å². The lowest BCUT2D eigenvalue weighted by Crippen LogP contribution is -2.31. The van der Waals surface area contributed by atoms with E-state index in [9.17, 15) is 9.90 Å². The predicted octanol–water partition coefficient (Wildman–Crippen LogP) is 3.03. The van der Waals surface area contributed by atoms with Crippen molar-refractivity contribution in [3.8, 4) is 0 Å². The third kappa shape index (κ3) is 5.32. The molecule has 3 nitrogen and oxygen atoms in total. The molecule has 0 fully saturated rings.